The summed E-state index contributed by atoms with van der Waals surface area (Å²) < 4.78 is 11.2. The second-order valence-electron chi connectivity index (χ2n) is 6.25. The van der Waals surface area contributed by atoms with Crippen molar-refractivity contribution in [3.8, 4) is 11.9 Å². The Morgan fingerprint density at radius 2 is 2.18 bits per heavy atom. The van der Waals surface area contributed by atoms with E-state index in [0.717, 1.165) is 45.1 Å². The summed E-state index contributed by atoms with van der Waals surface area (Å²) in [6.45, 7) is 5.97. The molecule has 22 heavy (non-hydrogen) atoms. The Labute approximate surface area is 131 Å². The van der Waals surface area contributed by atoms with Gasteiger partial charge in [-0.1, -0.05) is 0 Å². The molecule has 5 heteroatoms. The lowest BCUT2D eigenvalue weighted by molar-refractivity contribution is 0.118. The quantitative estimate of drug-likeness (QED) is 0.833. The number of pyridine rings is 1. The Morgan fingerprint density at radius 3 is 2.91 bits per heavy atom. The van der Waals surface area contributed by atoms with Crippen molar-refractivity contribution < 1.29 is 9.47 Å². The van der Waals surface area contributed by atoms with E-state index in [2.05, 4.69) is 16.0 Å². The molecular formula is C17H23N3O2. The summed E-state index contributed by atoms with van der Waals surface area (Å²) in [6.07, 6.45) is 5.19. The second kappa shape index (κ2) is 7.57. The van der Waals surface area contributed by atoms with Crippen molar-refractivity contribution in [3.63, 3.8) is 0 Å². The number of rotatable bonds is 5. The van der Waals surface area contributed by atoms with E-state index in [0.29, 0.717) is 24.0 Å². The summed E-state index contributed by atoms with van der Waals surface area (Å²) in [5, 5.41) is 9.04. The zero-order valence-corrected chi connectivity index (χ0v) is 12.9. The normalized spacial score (nSPS) is 23.3. The molecule has 2 aliphatic rings. The van der Waals surface area contributed by atoms with Crippen LogP contribution in [-0.4, -0.2) is 49.3 Å². The summed E-state index contributed by atoms with van der Waals surface area (Å²) in [7, 11) is 0. The maximum Gasteiger partial charge on any atom is 0.231 e. The van der Waals surface area contributed by atoms with E-state index in [-0.39, 0.29) is 0 Å². The van der Waals surface area contributed by atoms with E-state index < -0.39 is 0 Å². The van der Waals surface area contributed by atoms with Gasteiger partial charge in [0, 0.05) is 19.3 Å². The molecule has 0 radical (unpaired) electrons. The Bertz CT molecular complexity index is 515. The highest BCUT2D eigenvalue weighted by Crippen LogP contribution is 2.22. The Balaban J connectivity index is 1.41. The predicted octanol–water partition coefficient (Wildman–Crippen LogP) is 2.08. The van der Waals surface area contributed by atoms with E-state index >= 15 is 0 Å². The highest BCUT2D eigenvalue weighted by atomic mass is 16.5. The molecule has 5 nitrogen and oxygen atoms in total. The van der Waals surface area contributed by atoms with Crippen LogP contribution in [0.5, 0.6) is 5.88 Å². The van der Waals surface area contributed by atoms with E-state index in [9.17, 15) is 0 Å². The molecule has 1 unspecified atom stereocenters. The summed E-state index contributed by atoms with van der Waals surface area (Å²) in [5.74, 6) is 1.75. The van der Waals surface area contributed by atoms with Crippen LogP contribution in [0.2, 0.25) is 0 Å². The molecule has 1 aromatic heterocycles. The fourth-order valence-corrected chi connectivity index (χ4v) is 3.22. The lowest BCUT2D eigenvalue weighted by atomic mass is 9.96. The topological polar surface area (TPSA) is 58.4 Å². The minimum absolute atomic E-state index is 0.468. The van der Waals surface area contributed by atoms with Gasteiger partial charge in [-0.05, 0) is 56.3 Å². The van der Waals surface area contributed by atoms with Crippen LogP contribution in [0.15, 0.2) is 18.3 Å². The van der Waals surface area contributed by atoms with Crippen LogP contribution in [0.3, 0.4) is 0 Å². The molecule has 0 bridgehead atoms. The van der Waals surface area contributed by atoms with E-state index in [1.54, 1.807) is 18.3 Å². The zero-order chi connectivity index (χ0) is 15.2. The molecule has 118 valence electrons. The lowest BCUT2D eigenvalue weighted by Gasteiger charge is -2.33. The van der Waals surface area contributed by atoms with Gasteiger partial charge in [-0.3, -0.25) is 0 Å². The van der Waals surface area contributed by atoms with E-state index in [4.69, 9.17) is 14.7 Å². The number of hydrogen-bond donors (Lipinski definition) is 0. The first-order chi connectivity index (χ1) is 10.8. The minimum Gasteiger partial charge on any atom is -0.476 e. The molecule has 1 atom stereocenters. The fraction of sp³-hybridized carbons (Fsp3) is 0.647. The molecular weight excluding hydrogens is 278 g/mol. The highest BCUT2D eigenvalue weighted by molar-refractivity contribution is 5.36. The van der Waals surface area contributed by atoms with Gasteiger partial charge in [0.2, 0.25) is 5.88 Å². The van der Waals surface area contributed by atoms with E-state index in [1.165, 1.54) is 13.0 Å². The summed E-state index contributed by atoms with van der Waals surface area (Å²) in [6, 6.07) is 5.63. The molecule has 3 heterocycles. The molecule has 3 rings (SSSR count). The van der Waals surface area contributed by atoms with Gasteiger partial charge in [-0.2, -0.15) is 5.26 Å². The Morgan fingerprint density at radius 1 is 1.32 bits per heavy atom. The molecule has 0 aliphatic carbocycles. The Kier molecular flexibility index (Phi) is 5.25. The standard InChI is InChI=1S/C17H23N3O2/c18-10-16-2-1-6-19-17(16)22-13-14-3-7-20(8-4-14)11-15-5-9-21-12-15/h1-2,6,14-15H,3-5,7-9,11-13H2. The van der Waals surface area contributed by atoms with Gasteiger partial charge in [0.25, 0.3) is 0 Å². The largest absolute Gasteiger partial charge is 0.476 e. The third-order valence-corrected chi connectivity index (χ3v) is 4.59. The maximum absolute atomic E-state index is 9.04. The third kappa shape index (κ3) is 3.96. The van der Waals surface area contributed by atoms with Gasteiger partial charge < -0.3 is 14.4 Å². The van der Waals surface area contributed by atoms with E-state index in [1.807, 2.05) is 0 Å². The maximum atomic E-state index is 9.04. The Hall–Kier alpha value is -1.64. The lowest BCUT2D eigenvalue weighted by Crippen LogP contribution is -2.38. The molecule has 0 amide bonds. The first-order valence-corrected chi connectivity index (χ1v) is 8.13. The van der Waals surface area contributed by atoms with Crippen LogP contribution in [-0.2, 0) is 4.74 Å². The average Bonchev–Trinajstić information content (AvgIpc) is 3.07. The number of likely N-dealkylation sites (tertiary alicyclic amines) is 1. The number of ether oxygens (including phenoxy) is 2. The molecule has 0 N–H and O–H groups in total. The SMILES string of the molecule is N#Cc1cccnc1OCC1CCN(CC2CCOC2)CC1. The van der Waals surface area contributed by atoms with Crippen molar-refractivity contribution in [2.75, 3.05) is 39.5 Å². The van der Waals surface area contributed by atoms with Crippen LogP contribution < -0.4 is 4.74 Å². The van der Waals surface area contributed by atoms with Crippen LogP contribution in [0.25, 0.3) is 0 Å². The van der Waals surface area contributed by atoms with Gasteiger partial charge in [-0.15, -0.1) is 0 Å². The molecule has 0 saturated carbocycles. The van der Waals surface area contributed by atoms with Crippen LogP contribution in [0.1, 0.15) is 24.8 Å². The van der Waals surface area contributed by atoms with Gasteiger partial charge >= 0.3 is 0 Å². The average molecular weight is 301 g/mol. The van der Waals surface area contributed by atoms with Gasteiger partial charge in [-0.25, -0.2) is 4.98 Å². The van der Waals surface area contributed by atoms with Crippen molar-refractivity contribution in [3.05, 3.63) is 23.9 Å². The number of hydrogen-bond acceptors (Lipinski definition) is 5. The van der Waals surface area contributed by atoms with Crippen LogP contribution >= 0.6 is 0 Å². The van der Waals surface area contributed by atoms with Crippen LogP contribution in [0.4, 0.5) is 0 Å². The van der Waals surface area contributed by atoms with Crippen molar-refractivity contribution in [2.24, 2.45) is 11.8 Å². The number of aromatic nitrogens is 1. The summed E-state index contributed by atoms with van der Waals surface area (Å²) in [4.78, 5) is 6.70. The van der Waals surface area contributed by atoms with Crippen LogP contribution in [0, 0.1) is 23.2 Å². The smallest absolute Gasteiger partial charge is 0.231 e. The first kappa shape index (κ1) is 15.3. The van der Waals surface area contributed by atoms with Gasteiger partial charge in [0.1, 0.15) is 11.6 Å². The third-order valence-electron chi connectivity index (χ3n) is 4.59. The summed E-state index contributed by atoms with van der Waals surface area (Å²) in [5.41, 5.74) is 0.515. The molecule has 2 fully saturated rings. The van der Waals surface area contributed by atoms with Crippen molar-refractivity contribution >= 4 is 0 Å². The minimum atomic E-state index is 0.468. The molecule has 1 aromatic rings. The van der Waals surface area contributed by atoms with Crippen molar-refractivity contribution in [1.82, 2.24) is 9.88 Å². The molecule has 2 aliphatic heterocycles. The van der Waals surface area contributed by atoms with Crippen molar-refractivity contribution in [2.45, 2.75) is 19.3 Å². The zero-order valence-electron chi connectivity index (χ0n) is 12.9. The summed E-state index contributed by atoms with van der Waals surface area (Å²) >= 11 is 0. The number of piperidine rings is 1. The van der Waals surface area contributed by atoms with Gasteiger partial charge in [0.05, 0.1) is 13.2 Å². The predicted molar refractivity (Wildman–Crippen MR) is 82.5 cm³/mol. The molecule has 0 aromatic carbocycles. The molecule has 0 spiro atoms. The number of nitriles is 1. The number of nitrogens with zero attached hydrogens (tertiary/aromatic N) is 3. The monoisotopic (exact) mass is 301 g/mol. The van der Waals surface area contributed by atoms with Gasteiger partial charge in [0.15, 0.2) is 0 Å². The highest BCUT2D eigenvalue weighted by Gasteiger charge is 2.24. The first-order valence-electron chi connectivity index (χ1n) is 8.13. The fourth-order valence-electron chi connectivity index (χ4n) is 3.22. The second-order valence-corrected chi connectivity index (χ2v) is 6.25. The molecule has 2 saturated heterocycles. The van der Waals surface area contributed by atoms with Crippen molar-refractivity contribution in [1.29, 1.82) is 5.26 Å².